The van der Waals surface area contributed by atoms with Gasteiger partial charge in [0.15, 0.2) is 0 Å². The van der Waals surface area contributed by atoms with Gasteiger partial charge >= 0.3 is 6.17 Å². The van der Waals surface area contributed by atoms with E-state index in [1.807, 2.05) is 36.4 Å². The van der Waals surface area contributed by atoms with Crippen LogP contribution in [-0.2, 0) is 4.79 Å². The van der Waals surface area contributed by atoms with E-state index in [0.29, 0.717) is 22.1 Å². The van der Waals surface area contributed by atoms with Crippen LogP contribution < -0.4 is 14.7 Å². The van der Waals surface area contributed by atoms with Crippen LogP contribution in [0.25, 0.3) is 11.3 Å². The third-order valence-electron chi connectivity index (χ3n) is 4.63. The minimum absolute atomic E-state index is 0.114. The van der Waals surface area contributed by atoms with Crippen molar-refractivity contribution in [3.8, 4) is 17.1 Å². The van der Waals surface area contributed by atoms with Crippen molar-refractivity contribution >= 4 is 50.6 Å². The van der Waals surface area contributed by atoms with Gasteiger partial charge in [-0.05, 0) is 46.6 Å². The van der Waals surface area contributed by atoms with E-state index in [0.717, 1.165) is 27.3 Å². The minimum atomic E-state index is -0.532. The quantitative estimate of drug-likeness (QED) is 0.305. The highest BCUT2D eigenvalue weighted by Crippen LogP contribution is 2.42. The van der Waals surface area contributed by atoms with Gasteiger partial charge in [-0.15, -0.1) is 11.3 Å². The van der Waals surface area contributed by atoms with Gasteiger partial charge < -0.3 is 5.11 Å². The maximum absolute atomic E-state index is 13.0. The number of fused-ring (bicyclic) bond motifs is 3. The molecular formula is C20H19BrN4O2S2. The first-order chi connectivity index (χ1) is 14.0. The van der Waals surface area contributed by atoms with Gasteiger partial charge in [0.05, 0.1) is 25.8 Å². The molecule has 0 saturated heterocycles. The smallest absolute Gasteiger partial charge is 0.302 e. The fourth-order valence-corrected chi connectivity index (χ4v) is 5.78. The van der Waals surface area contributed by atoms with Crippen LogP contribution in [0.15, 0.2) is 45.3 Å². The number of unbranched alkanes of at least 4 members (excludes halogenated alkanes) is 1. The fraction of sp³-hybridized carbons (Fsp3) is 0.300. The third kappa shape index (κ3) is 3.78. The van der Waals surface area contributed by atoms with Gasteiger partial charge in [0, 0.05) is 17.8 Å². The molecule has 0 N–H and O–H groups in total. The lowest BCUT2D eigenvalue weighted by atomic mass is 10.0. The highest BCUT2D eigenvalue weighted by molar-refractivity contribution is 9.11. The van der Waals surface area contributed by atoms with E-state index in [2.05, 4.69) is 27.8 Å². The molecule has 0 bridgehead atoms. The molecule has 29 heavy (non-hydrogen) atoms. The third-order valence-corrected chi connectivity index (χ3v) is 7.22. The molecule has 1 amide bonds. The van der Waals surface area contributed by atoms with Crippen molar-refractivity contribution < 1.29 is 14.6 Å². The normalized spacial score (nSPS) is 15.1. The van der Waals surface area contributed by atoms with E-state index >= 15 is 0 Å². The molecule has 0 spiro atoms. The van der Waals surface area contributed by atoms with Gasteiger partial charge in [-0.3, -0.25) is 4.79 Å². The molecule has 0 saturated carbocycles. The average Bonchev–Trinajstić information content (AvgIpc) is 3.12. The number of rotatable bonds is 5. The lowest BCUT2D eigenvalue weighted by Gasteiger charge is -2.32. The second-order valence-corrected chi connectivity index (χ2v) is 10.2. The molecule has 1 atom stereocenters. The zero-order valence-corrected chi connectivity index (χ0v) is 19.2. The summed E-state index contributed by atoms with van der Waals surface area (Å²) in [6.07, 6.45) is 1.55. The average molecular weight is 491 g/mol. The van der Waals surface area contributed by atoms with Crippen molar-refractivity contribution in [2.45, 2.75) is 38.0 Å². The van der Waals surface area contributed by atoms with Gasteiger partial charge in [-0.2, -0.15) is 0 Å². The number of benzene rings is 1. The molecule has 9 heteroatoms. The van der Waals surface area contributed by atoms with Gasteiger partial charge in [0.2, 0.25) is 5.91 Å². The molecule has 3 heterocycles. The Morgan fingerprint density at radius 3 is 2.83 bits per heavy atom. The maximum atomic E-state index is 13.0. The second kappa shape index (κ2) is 8.41. The number of amides is 1. The molecule has 6 nitrogen and oxygen atoms in total. The number of nitrogens with zero attached hydrogens (tertiary/aromatic N) is 4. The van der Waals surface area contributed by atoms with Crippen LogP contribution in [0.3, 0.4) is 0 Å². The number of thioether (sulfide) groups is 1. The van der Waals surface area contributed by atoms with Gasteiger partial charge in [-0.1, -0.05) is 41.9 Å². The van der Waals surface area contributed by atoms with Gasteiger partial charge in [-0.25, -0.2) is 9.88 Å². The monoisotopic (exact) mass is 490 g/mol. The van der Waals surface area contributed by atoms with Crippen LogP contribution in [0, 0.1) is 0 Å². The molecule has 1 aliphatic rings. The van der Waals surface area contributed by atoms with E-state index < -0.39 is 6.17 Å². The Bertz CT molecular complexity index is 1070. The number of hydrogen-bond acceptors (Lipinski definition) is 6. The summed E-state index contributed by atoms with van der Waals surface area (Å²) < 4.78 is 2.62. The van der Waals surface area contributed by atoms with Crippen molar-refractivity contribution in [2.24, 2.45) is 0 Å². The van der Waals surface area contributed by atoms with E-state index in [-0.39, 0.29) is 11.8 Å². The number of carbonyl (C=O) groups excluding carboxylic acids is 1. The summed E-state index contributed by atoms with van der Waals surface area (Å²) in [6.45, 7) is 3.66. The number of thiophene rings is 1. The molecule has 2 aromatic heterocycles. The predicted molar refractivity (Wildman–Crippen MR) is 116 cm³/mol. The molecule has 1 aliphatic heterocycles. The lowest BCUT2D eigenvalue weighted by molar-refractivity contribution is -0.763. The topological polar surface area (TPSA) is 73.0 Å². The standard InChI is InChI=1S/C20H19BrN4O2S2/c1-3-4-11-28-20-22-18(27)17-13-7-5-6-8-14(13)24(12(2)26)19(25(17)23-20)15-9-10-16(21)29-15/h5-10,19H,3-4,11H2,1-2H3. The lowest BCUT2D eigenvalue weighted by Crippen LogP contribution is -2.58. The van der Waals surface area contributed by atoms with E-state index in [1.165, 1.54) is 30.0 Å². The number of para-hydroxylation sites is 1. The van der Waals surface area contributed by atoms with Crippen LogP contribution >= 0.6 is 39.0 Å². The Morgan fingerprint density at radius 1 is 1.34 bits per heavy atom. The highest BCUT2D eigenvalue weighted by Gasteiger charge is 2.44. The summed E-state index contributed by atoms with van der Waals surface area (Å²) in [5.41, 5.74) is 1.78. The van der Waals surface area contributed by atoms with Crippen molar-refractivity contribution in [3.05, 3.63) is 45.1 Å². The Kier molecular flexibility index (Phi) is 5.89. The first kappa shape index (κ1) is 20.3. The fourth-order valence-electron chi connectivity index (χ4n) is 3.37. The van der Waals surface area contributed by atoms with E-state index in [1.54, 1.807) is 9.58 Å². The van der Waals surface area contributed by atoms with Crippen LogP contribution in [0.1, 0.15) is 37.7 Å². The summed E-state index contributed by atoms with van der Waals surface area (Å²) >= 11 is 6.50. The number of aromatic nitrogens is 3. The molecule has 1 aromatic carbocycles. The van der Waals surface area contributed by atoms with Crippen molar-refractivity contribution in [2.75, 3.05) is 10.7 Å². The molecule has 0 fully saturated rings. The first-order valence-corrected chi connectivity index (χ1v) is 11.9. The predicted octanol–water partition coefficient (Wildman–Crippen LogP) is 4.13. The van der Waals surface area contributed by atoms with Crippen molar-refractivity contribution in [1.82, 2.24) is 10.1 Å². The SMILES string of the molecule is CCCCSc1nc([O-])c2[n+](n1)C(c1ccc(Br)s1)N(C(C)=O)c1ccccc1-2. The molecular weight excluding hydrogens is 472 g/mol. The molecule has 0 radical (unpaired) electrons. The van der Waals surface area contributed by atoms with Gasteiger partial charge in [0.25, 0.3) is 10.9 Å². The first-order valence-electron chi connectivity index (χ1n) is 9.29. The largest absolute Gasteiger partial charge is 0.854 e. The molecule has 1 unspecified atom stereocenters. The van der Waals surface area contributed by atoms with E-state index in [4.69, 9.17) is 5.10 Å². The summed E-state index contributed by atoms with van der Waals surface area (Å²) in [7, 11) is 0. The highest BCUT2D eigenvalue weighted by atomic mass is 79.9. The maximum Gasteiger partial charge on any atom is 0.302 e. The van der Waals surface area contributed by atoms with Crippen molar-refractivity contribution in [1.29, 1.82) is 0 Å². The Morgan fingerprint density at radius 2 is 2.14 bits per heavy atom. The molecule has 0 aliphatic carbocycles. The number of carbonyl (C=O) groups is 1. The van der Waals surface area contributed by atoms with Crippen LogP contribution in [0.2, 0.25) is 0 Å². The van der Waals surface area contributed by atoms with Gasteiger partial charge in [0.1, 0.15) is 0 Å². The summed E-state index contributed by atoms with van der Waals surface area (Å²) in [4.78, 5) is 19.6. The molecule has 3 aromatic rings. The van der Waals surface area contributed by atoms with E-state index in [9.17, 15) is 9.90 Å². The van der Waals surface area contributed by atoms with Crippen LogP contribution in [-0.4, -0.2) is 21.7 Å². The summed E-state index contributed by atoms with van der Waals surface area (Å²) in [6, 6.07) is 11.3. The van der Waals surface area contributed by atoms with Crippen LogP contribution in [0.5, 0.6) is 5.88 Å². The minimum Gasteiger partial charge on any atom is -0.854 e. The zero-order valence-electron chi connectivity index (χ0n) is 16.0. The molecule has 4 rings (SSSR count). The van der Waals surface area contributed by atoms with Crippen molar-refractivity contribution in [3.63, 3.8) is 0 Å². The van der Waals surface area contributed by atoms with Crippen LogP contribution in [0.4, 0.5) is 5.69 Å². The Labute approximate surface area is 185 Å². The summed E-state index contributed by atoms with van der Waals surface area (Å²) in [5.74, 6) is 0.406. The summed E-state index contributed by atoms with van der Waals surface area (Å²) in [5, 5.41) is 18.2. The zero-order chi connectivity index (χ0) is 20.5. The Hall–Kier alpha value is -1.97. The second-order valence-electron chi connectivity index (χ2n) is 6.62. The number of hydrogen-bond donors (Lipinski definition) is 0. The molecule has 150 valence electrons. The number of anilines is 1. The number of halogens is 1. The Balaban J connectivity index is 1.95.